The van der Waals surface area contributed by atoms with Crippen molar-refractivity contribution in [2.24, 2.45) is 0 Å². The maximum Gasteiger partial charge on any atom is 0.185 e. The lowest BCUT2D eigenvalue weighted by molar-refractivity contribution is 0.104. The number of carbonyl (C=O) groups excluding carboxylic acids is 1. The maximum atomic E-state index is 12.1. The number of imidazole rings is 1. The molecule has 3 aromatic rings. The molecule has 0 bridgehead atoms. The van der Waals surface area contributed by atoms with Gasteiger partial charge in [-0.05, 0) is 48.0 Å². The predicted octanol–water partition coefficient (Wildman–Crippen LogP) is 3.47. The number of nitrogens with zero attached hydrogens (tertiary/aromatic N) is 2. The highest BCUT2D eigenvalue weighted by molar-refractivity contribution is 6.06. The summed E-state index contributed by atoms with van der Waals surface area (Å²) in [7, 11) is 0. The standard InChI is InChI=1S/C18H14N2O2/c21-17-3-1-2-14(12-17)4-9-18(22)15-5-7-16(8-6-15)20-11-10-19-13-20/h1-13,21H/b9-4+. The lowest BCUT2D eigenvalue weighted by Crippen LogP contribution is -1.96. The number of allylic oxidation sites excluding steroid dienone is 1. The highest BCUT2D eigenvalue weighted by Gasteiger charge is 2.02. The molecule has 2 aromatic carbocycles. The van der Waals surface area contributed by atoms with E-state index < -0.39 is 0 Å². The second-order valence-corrected chi connectivity index (χ2v) is 4.81. The van der Waals surface area contributed by atoms with Crippen molar-refractivity contribution >= 4 is 11.9 Å². The third-order valence-corrected chi connectivity index (χ3v) is 3.25. The van der Waals surface area contributed by atoms with Gasteiger partial charge in [-0.2, -0.15) is 0 Å². The number of hydrogen-bond donors (Lipinski definition) is 1. The van der Waals surface area contributed by atoms with Gasteiger partial charge in [0.25, 0.3) is 0 Å². The van der Waals surface area contributed by atoms with Gasteiger partial charge in [0, 0.05) is 23.6 Å². The molecule has 22 heavy (non-hydrogen) atoms. The molecule has 4 heteroatoms. The lowest BCUT2D eigenvalue weighted by Gasteiger charge is -2.02. The molecule has 0 spiro atoms. The second kappa shape index (κ2) is 6.10. The number of phenolic OH excluding ortho intramolecular Hbond substituents is 1. The SMILES string of the molecule is O=C(/C=C/c1cccc(O)c1)c1ccc(-n2ccnc2)cc1. The summed E-state index contributed by atoms with van der Waals surface area (Å²) < 4.78 is 1.87. The minimum Gasteiger partial charge on any atom is -0.508 e. The van der Waals surface area contributed by atoms with Crippen molar-refractivity contribution in [2.75, 3.05) is 0 Å². The Bertz CT molecular complexity index is 803. The molecule has 0 saturated carbocycles. The Morgan fingerprint density at radius 2 is 1.95 bits per heavy atom. The molecular formula is C18H14N2O2. The second-order valence-electron chi connectivity index (χ2n) is 4.81. The third kappa shape index (κ3) is 3.12. The fourth-order valence-corrected chi connectivity index (χ4v) is 2.11. The van der Waals surface area contributed by atoms with Crippen LogP contribution in [-0.2, 0) is 0 Å². The Kier molecular flexibility index (Phi) is 3.83. The van der Waals surface area contributed by atoms with Gasteiger partial charge in [-0.1, -0.05) is 18.2 Å². The van der Waals surface area contributed by atoms with Gasteiger partial charge in [0.15, 0.2) is 5.78 Å². The Morgan fingerprint density at radius 1 is 1.14 bits per heavy atom. The molecule has 1 aromatic heterocycles. The normalized spacial score (nSPS) is 10.9. The molecule has 0 aliphatic carbocycles. The zero-order valence-corrected chi connectivity index (χ0v) is 11.8. The van der Waals surface area contributed by atoms with Crippen LogP contribution >= 0.6 is 0 Å². The van der Waals surface area contributed by atoms with Gasteiger partial charge in [0.05, 0.1) is 6.33 Å². The van der Waals surface area contributed by atoms with E-state index in [0.29, 0.717) is 5.56 Å². The van der Waals surface area contributed by atoms with Gasteiger partial charge in [0.1, 0.15) is 5.75 Å². The van der Waals surface area contributed by atoms with Crippen LogP contribution in [0.2, 0.25) is 0 Å². The first-order valence-electron chi connectivity index (χ1n) is 6.82. The minimum atomic E-state index is -0.0828. The van der Waals surface area contributed by atoms with Gasteiger partial charge in [-0.3, -0.25) is 4.79 Å². The van der Waals surface area contributed by atoms with E-state index in [9.17, 15) is 9.90 Å². The van der Waals surface area contributed by atoms with Crippen molar-refractivity contribution in [1.29, 1.82) is 0 Å². The Balaban J connectivity index is 1.75. The van der Waals surface area contributed by atoms with Crippen LogP contribution in [0.3, 0.4) is 0 Å². The van der Waals surface area contributed by atoms with Crippen LogP contribution in [-0.4, -0.2) is 20.4 Å². The number of benzene rings is 2. The van der Waals surface area contributed by atoms with E-state index >= 15 is 0 Å². The monoisotopic (exact) mass is 290 g/mol. The number of aromatic nitrogens is 2. The van der Waals surface area contributed by atoms with E-state index in [1.165, 1.54) is 6.08 Å². The molecule has 0 aliphatic rings. The maximum absolute atomic E-state index is 12.1. The van der Waals surface area contributed by atoms with Crippen molar-refractivity contribution in [3.05, 3.63) is 84.5 Å². The smallest absolute Gasteiger partial charge is 0.185 e. The van der Waals surface area contributed by atoms with Gasteiger partial charge >= 0.3 is 0 Å². The van der Waals surface area contributed by atoms with Crippen LogP contribution in [0.1, 0.15) is 15.9 Å². The molecule has 0 amide bonds. The highest BCUT2D eigenvalue weighted by Crippen LogP contribution is 2.14. The Labute approximate surface area is 128 Å². The van der Waals surface area contributed by atoms with E-state index in [-0.39, 0.29) is 11.5 Å². The summed E-state index contributed by atoms with van der Waals surface area (Å²) in [6.07, 6.45) is 8.45. The zero-order chi connectivity index (χ0) is 15.4. The van der Waals surface area contributed by atoms with E-state index in [0.717, 1.165) is 11.3 Å². The summed E-state index contributed by atoms with van der Waals surface area (Å²) in [6, 6.07) is 14.1. The summed E-state index contributed by atoms with van der Waals surface area (Å²) in [4.78, 5) is 16.1. The van der Waals surface area contributed by atoms with Crippen molar-refractivity contribution in [2.45, 2.75) is 0 Å². The number of carbonyl (C=O) groups is 1. The average Bonchev–Trinajstić information content (AvgIpc) is 3.07. The molecule has 0 radical (unpaired) electrons. The molecule has 0 saturated heterocycles. The van der Waals surface area contributed by atoms with Crippen molar-refractivity contribution in [3.63, 3.8) is 0 Å². The number of aromatic hydroxyl groups is 1. The number of rotatable bonds is 4. The first-order chi connectivity index (χ1) is 10.7. The summed E-state index contributed by atoms with van der Waals surface area (Å²) >= 11 is 0. The van der Waals surface area contributed by atoms with Crippen LogP contribution in [0.25, 0.3) is 11.8 Å². The van der Waals surface area contributed by atoms with Crippen molar-refractivity contribution < 1.29 is 9.90 Å². The topological polar surface area (TPSA) is 55.1 Å². The van der Waals surface area contributed by atoms with Crippen molar-refractivity contribution in [1.82, 2.24) is 9.55 Å². The molecule has 0 fully saturated rings. The molecule has 108 valence electrons. The summed E-state index contributed by atoms with van der Waals surface area (Å²) in [5.41, 5.74) is 2.34. The third-order valence-electron chi connectivity index (χ3n) is 3.25. The molecule has 0 unspecified atom stereocenters. The summed E-state index contributed by atoms with van der Waals surface area (Å²) in [5.74, 6) is 0.0970. The van der Waals surface area contributed by atoms with Crippen LogP contribution in [0.5, 0.6) is 5.75 Å². The quantitative estimate of drug-likeness (QED) is 0.591. The predicted molar refractivity (Wildman–Crippen MR) is 85.0 cm³/mol. The Morgan fingerprint density at radius 3 is 2.64 bits per heavy atom. The number of phenols is 1. The first kappa shape index (κ1) is 13.8. The van der Waals surface area contributed by atoms with Crippen LogP contribution in [0, 0.1) is 0 Å². The molecule has 0 aliphatic heterocycles. The van der Waals surface area contributed by atoms with E-state index in [2.05, 4.69) is 4.98 Å². The fraction of sp³-hybridized carbons (Fsp3) is 0. The van der Waals surface area contributed by atoms with Crippen LogP contribution < -0.4 is 0 Å². The van der Waals surface area contributed by atoms with E-state index in [1.54, 1.807) is 48.9 Å². The molecular weight excluding hydrogens is 276 g/mol. The zero-order valence-electron chi connectivity index (χ0n) is 11.8. The minimum absolute atomic E-state index is 0.0828. The first-order valence-corrected chi connectivity index (χ1v) is 6.82. The van der Waals surface area contributed by atoms with Gasteiger partial charge in [0.2, 0.25) is 0 Å². The molecule has 4 nitrogen and oxygen atoms in total. The van der Waals surface area contributed by atoms with Crippen LogP contribution in [0.15, 0.2) is 73.3 Å². The van der Waals surface area contributed by atoms with Gasteiger partial charge in [-0.15, -0.1) is 0 Å². The van der Waals surface area contributed by atoms with Crippen molar-refractivity contribution in [3.8, 4) is 11.4 Å². The molecule has 1 heterocycles. The summed E-state index contributed by atoms with van der Waals surface area (Å²) in [6.45, 7) is 0. The molecule has 3 rings (SSSR count). The highest BCUT2D eigenvalue weighted by atomic mass is 16.3. The fourth-order valence-electron chi connectivity index (χ4n) is 2.11. The van der Waals surface area contributed by atoms with E-state index in [4.69, 9.17) is 0 Å². The van der Waals surface area contributed by atoms with Crippen LogP contribution in [0.4, 0.5) is 0 Å². The van der Waals surface area contributed by atoms with E-state index in [1.807, 2.05) is 29.0 Å². The molecule has 1 N–H and O–H groups in total. The average molecular weight is 290 g/mol. The van der Waals surface area contributed by atoms with Gasteiger partial charge in [-0.25, -0.2) is 4.98 Å². The molecule has 0 atom stereocenters. The van der Waals surface area contributed by atoms with Gasteiger partial charge < -0.3 is 9.67 Å². The Hall–Kier alpha value is -3.14. The summed E-state index contributed by atoms with van der Waals surface area (Å²) in [5, 5.41) is 9.39. The number of hydrogen-bond acceptors (Lipinski definition) is 3. The lowest BCUT2D eigenvalue weighted by atomic mass is 10.1. The largest absolute Gasteiger partial charge is 0.508 e. The number of ketones is 1.